The fourth-order valence-corrected chi connectivity index (χ4v) is 3.26. The molecule has 0 radical (unpaired) electrons. The summed E-state index contributed by atoms with van der Waals surface area (Å²) in [5.74, 6) is -0.515. The van der Waals surface area contributed by atoms with Crippen LogP contribution in [0, 0.1) is 0 Å². The Hall–Kier alpha value is -2.39. The monoisotopic (exact) mass is 410 g/mol. The van der Waals surface area contributed by atoms with Crippen LogP contribution in [0.1, 0.15) is 33.6 Å². The first-order valence-corrected chi connectivity index (χ1v) is 9.15. The van der Waals surface area contributed by atoms with Crippen LogP contribution in [0.5, 0.6) is 0 Å². The normalized spacial score (nSPS) is 16.1. The van der Waals surface area contributed by atoms with Crippen molar-refractivity contribution >= 4 is 30.0 Å². The van der Waals surface area contributed by atoms with Crippen molar-refractivity contribution in [3.05, 3.63) is 30.9 Å². The lowest BCUT2D eigenvalue weighted by atomic mass is 9.87. The Kier molecular flexibility index (Phi) is 6.84. The summed E-state index contributed by atoms with van der Waals surface area (Å²) in [6.45, 7) is 6.98. The minimum Gasteiger partial charge on any atom is -0.464 e. The van der Waals surface area contributed by atoms with Gasteiger partial charge in [-0.25, -0.2) is 4.79 Å². The van der Waals surface area contributed by atoms with Gasteiger partial charge in [0, 0.05) is 18.6 Å². The molecule has 1 fully saturated rings. The Morgan fingerprint density at radius 2 is 2.04 bits per heavy atom. The van der Waals surface area contributed by atoms with Crippen molar-refractivity contribution in [3.8, 4) is 0 Å². The number of esters is 1. The molecule has 10 heteroatoms. The molecule has 3 rings (SSSR count). The Bertz CT molecular complexity index is 796. The zero-order chi connectivity index (χ0) is 19.5. The maximum Gasteiger partial charge on any atom is 0.333 e. The highest BCUT2D eigenvalue weighted by Gasteiger charge is 2.42. The Labute approximate surface area is 170 Å². The third-order valence-corrected chi connectivity index (χ3v) is 4.98. The largest absolute Gasteiger partial charge is 0.464 e. The van der Waals surface area contributed by atoms with Gasteiger partial charge in [0.2, 0.25) is 0 Å². The van der Waals surface area contributed by atoms with Crippen LogP contribution in [0.25, 0.3) is 0 Å². The van der Waals surface area contributed by atoms with E-state index in [9.17, 15) is 9.59 Å². The van der Waals surface area contributed by atoms with Crippen LogP contribution in [-0.4, -0.2) is 51.1 Å². The molecule has 154 valence electrons. The Morgan fingerprint density at radius 1 is 1.32 bits per heavy atom. The second-order valence-corrected chi connectivity index (χ2v) is 7.14. The van der Waals surface area contributed by atoms with Gasteiger partial charge in [-0.2, -0.15) is 10.2 Å². The number of hydrogen-bond donors (Lipinski definition) is 2. The molecule has 2 aromatic heterocycles. The van der Waals surface area contributed by atoms with E-state index in [2.05, 4.69) is 20.8 Å². The number of carbonyl (C=O) groups excluding carboxylic acids is 2. The molecule has 0 unspecified atom stereocenters. The number of nitrogens with one attached hydrogen (secondary N) is 2. The van der Waals surface area contributed by atoms with E-state index in [0.717, 1.165) is 13.1 Å². The maximum absolute atomic E-state index is 13.2. The summed E-state index contributed by atoms with van der Waals surface area (Å²) in [6.07, 6.45) is 7.96. The first-order chi connectivity index (χ1) is 12.9. The molecule has 1 aliphatic heterocycles. The third-order valence-electron chi connectivity index (χ3n) is 4.98. The van der Waals surface area contributed by atoms with Gasteiger partial charge >= 0.3 is 5.97 Å². The van der Waals surface area contributed by atoms with E-state index in [4.69, 9.17) is 4.74 Å². The van der Waals surface area contributed by atoms with Crippen molar-refractivity contribution < 1.29 is 14.3 Å². The lowest BCUT2D eigenvalue weighted by Gasteiger charge is -2.36. The molecule has 3 heterocycles. The van der Waals surface area contributed by atoms with E-state index < -0.39 is 11.1 Å². The van der Waals surface area contributed by atoms with Crippen molar-refractivity contribution in [1.29, 1.82) is 0 Å². The Morgan fingerprint density at radius 3 is 2.64 bits per heavy atom. The highest BCUT2D eigenvalue weighted by molar-refractivity contribution is 5.96. The zero-order valence-corrected chi connectivity index (χ0v) is 17.2. The van der Waals surface area contributed by atoms with Gasteiger partial charge in [0.1, 0.15) is 5.54 Å². The predicted molar refractivity (Wildman–Crippen MR) is 106 cm³/mol. The molecule has 1 aliphatic rings. The van der Waals surface area contributed by atoms with Gasteiger partial charge in [0.25, 0.3) is 5.91 Å². The minimum atomic E-state index is -0.965. The Balaban J connectivity index is 0.00000280. The molecule has 0 bridgehead atoms. The molecular formula is C18H27ClN6O3. The summed E-state index contributed by atoms with van der Waals surface area (Å²) in [5.41, 5.74) is -1.18. The van der Waals surface area contributed by atoms with Crippen molar-refractivity contribution in [3.63, 3.8) is 0 Å². The van der Waals surface area contributed by atoms with Crippen LogP contribution in [0.4, 0.5) is 5.69 Å². The number of hydrogen-bond acceptors (Lipinski definition) is 6. The molecular weight excluding hydrogens is 384 g/mol. The number of aromatic nitrogens is 4. The average molecular weight is 411 g/mol. The third kappa shape index (κ3) is 4.05. The lowest BCUT2D eigenvalue weighted by molar-refractivity contribution is -0.152. The highest BCUT2D eigenvalue weighted by atomic mass is 35.5. The number of anilines is 1. The topological polar surface area (TPSA) is 103 Å². The van der Waals surface area contributed by atoms with E-state index in [1.807, 2.05) is 12.3 Å². The number of piperidine rings is 1. The summed E-state index contributed by atoms with van der Waals surface area (Å²) in [4.78, 5) is 25.3. The fourth-order valence-electron chi connectivity index (χ4n) is 3.26. The van der Waals surface area contributed by atoms with Crippen molar-refractivity contribution in [1.82, 2.24) is 24.9 Å². The van der Waals surface area contributed by atoms with Gasteiger partial charge in [0.05, 0.1) is 18.5 Å². The fraction of sp³-hybridized carbons (Fsp3) is 0.556. The van der Waals surface area contributed by atoms with Gasteiger partial charge < -0.3 is 15.4 Å². The molecule has 1 amide bonds. The van der Waals surface area contributed by atoms with Gasteiger partial charge in [-0.1, -0.05) is 0 Å². The number of halogens is 1. The minimum absolute atomic E-state index is 0. The van der Waals surface area contributed by atoms with Crippen LogP contribution in [0.15, 0.2) is 30.9 Å². The van der Waals surface area contributed by atoms with Crippen molar-refractivity contribution in [2.45, 2.75) is 44.7 Å². The van der Waals surface area contributed by atoms with Crippen LogP contribution in [0.2, 0.25) is 0 Å². The van der Waals surface area contributed by atoms with Gasteiger partial charge in [-0.3, -0.25) is 14.2 Å². The van der Waals surface area contributed by atoms with Gasteiger partial charge in [-0.05, 0) is 52.8 Å². The van der Waals surface area contributed by atoms with Crippen LogP contribution < -0.4 is 10.6 Å². The van der Waals surface area contributed by atoms with Gasteiger partial charge in [-0.15, -0.1) is 12.4 Å². The highest BCUT2D eigenvalue weighted by Crippen LogP contribution is 2.29. The van der Waals surface area contributed by atoms with E-state index in [0.29, 0.717) is 25.1 Å². The molecule has 2 aromatic rings. The van der Waals surface area contributed by atoms with E-state index >= 15 is 0 Å². The average Bonchev–Trinajstić information content (AvgIpc) is 3.35. The van der Waals surface area contributed by atoms with Gasteiger partial charge in [0.15, 0.2) is 5.54 Å². The number of rotatable bonds is 6. The predicted octanol–water partition coefficient (Wildman–Crippen LogP) is 1.52. The summed E-state index contributed by atoms with van der Waals surface area (Å²) in [7, 11) is 0. The molecule has 0 saturated carbocycles. The molecule has 0 aromatic carbocycles. The van der Waals surface area contributed by atoms with Crippen LogP contribution >= 0.6 is 12.4 Å². The van der Waals surface area contributed by atoms with Crippen LogP contribution in [0.3, 0.4) is 0 Å². The SMILES string of the molecule is CCOC(=O)C(C)(C)n1cc(NC(=O)C2(n3cccn3)CCNCC2)cn1.Cl. The maximum atomic E-state index is 13.2. The first kappa shape index (κ1) is 21.9. The van der Waals surface area contributed by atoms with Crippen molar-refractivity contribution in [2.75, 3.05) is 25.0 Å². The quantitative estimate of drug-likeness (QED) is 0.700. The second kappa shape index (κ2) is 8.74. The number of ether oxygens (including phenoxy) is 1. The molecule has 28 heavy (non-hydrogen) atoms. The van der Waals surface area contributed by atoms with E-state index in [-0.39, 0.29) is 24.3 Å². The molecule has 1 saturated heterocycles. The summed E-state index contributed by atoms with van der Waals surface area (Å²) in [6, 6.07) is 1.82. The first-order valence-electron chi connectivity index (χ1n) is 9.15. The number of nitrogens with zero attached hydrogens (tertiary/aromatic N) is 4. The molecule has 9 nitrogen and oxygen atoms in total. The lowest BCUT2D eigenvalue weighted by Crippen LogP contribution is -2.52. The van der Waals surface area contributed by atoms with E-state index in [1.54, 1.807) is 37.8 Å². The molecule has 0 atom stereocenters. The summed E-state index contributed by atoms with van der Waals surface area (Å²) < 4.78 is 8.34. The molecule has 0 aliphatic carbocycles. The standard InChI is InChI=1S/C18H26N6O3.ClH/c1-4-27-16(26)17(2,3)24-13-14(12-21-24)22-15(25)18(6-9-19-10-7-18)23-11-5-8-20-23;/h5,8,11-13,19H,4,6-7,9-10H2,1-3H3,(H,22,25);1H. The summed E-state index contributed by atoms with van der Waals surface area (Å²) >= 11 is 0. The molecule has 0 spiro atoms. The van der Waals surface area contributed by atoms with Crippen molar-refractivity contribution in [2.24, 2.45) is 0 Å². The second-order valence-electron chi connectivity index (χ2n) is 7.14. The molecule has 2 N–H and O–H groups in total. The van der Waals surface area contributed by atoms with Crippen LogP contribution in [-0.2, 0) is 25.4 Å². The zero-order valence-electron chi connectivity index (χ0n) is 16.3. The summed E-state index contributed by atoms with van der Waals surface area (Å²) in [5, 5.41) is 14.8. The number of carbonyl (C=O) groups is 2. The number of amides is 1. The smallest absolute Gasteiger partial charge is 0.333 e. The van der Waals surface area contributed by atoms with E-state index in [1.165, 1.54) is 10.9 Å².